The summed E-state index contributed by atoms with van der Waals surface area (Å²) in [6, 6.07) is 19.7. The van der Waals surface area contributed by atoms with Gasteiger partial charge in [-0.2, -0.15) is 0 Å². The predicted octanol–water partition coefficient (Wildman–Crippen LogP) is 3.38. The van der Waals surface area contributed by atoms with Gasteiger partial charge < -0.3 is 19.9 Å². The Morgan fingerprint density at radius 2 is 1.92 bits per heavy atom. The van der Waals surface area contributed by atoms with Crippen LogP contribution in [0.25, 0.3) is 10.9 Å². The van der Waals surface area contributed by atoms with Crippen molar-refractivity contribution in [2.45, 2.75) is 25.2 Å². The van der Waals surface area contributed by atoms with E-state index in [4.69, 9.17) is 14.6 Å². The summed E-state index contributed by atoms with van der Waals surface area (Å²) in [5.41, 5.74) is 1.84. The molecule has 134 valence electrons. The molecule has 1 saturated heterocycles. The number of pyridine rings is 1. The third-order valence-electron chi connectivity index (χ3n) is 4.62. The number of ether oxygens (including phenoxy) is 2. The van der Waals surface area contributed by atoms with E-state index < -0.39 is 0 Å². The standard InChI is InChI=1S/C21H22N2O3/c24-13-15-5-8-17(9-6-15)26-20-11-12-25-14-19(20)23-21-10-7-16-3-1-2-4-18(16)22-21/h1-10,19-20,24H,11-14H2,(H,22,23)/t19-,20-/m1/s1. The molecule has 0 radical (unpaired) electrons. The maximum atomic E-state index is 9.16. The summed E-state index contributed by atoms with van der Waals surface area (Å²) in [5, 5.41) is 13.7. The monoisotopic (exact) mass is 350 g/mol. The van der Waals surface area contributed by atoms with Crippen LogP contribution in [0.15, 0.2) is 60.7 Å². The molecule has 1 fully saturated rings. The average molecular weight is 350 g/mol. The van der Waals surface area contributed by atoms with E-state index in [0.717, 1.165) is 34.5 Å². The van der Waals surface area contributed by atoms with Gasteiger partial charge in [-0.25, -0.2) is 4.98 Å². The van der Waals surface area contributed by atoms with Crippen LogP contribution in [0.5, 0.6) is 5.75 Å². The quantitative estimate of drug-likeness (QED) is 0.739. The molecule has 2 aromatic carbocycles. The molecule has 0 bridgehead atoms. The Labute approximate surface area is 152 Å². The lowest BCUT2D eigenvalue weighted by atomic mass is 10.1. The summed E-state index contributed by atoms with van der Waals surface area (Å²) < 4.78 is 11.8. The van der Waals surface area contributed by atoms with E-state index >= 15 is 0 Å². The van der Waals surface area contributed by atoms with E-state index in [1.54, 1.807) is 0 Å². The van der Waals surface area contributed by atoms with Gasteiger partial charge in [0, 0.05) is 11.8 Å². The van der Waals surface area contributed by atoms with Crippen LogP contribution in [0, 0.1) is 0 Å². The zero-order chi connectivity index (χ0) is 17.8. The van der Waals surface area contributed by atoms with Crippen molar-refractivity contribution in [2.75, 3.05) is 18.5 Å². The molecule has 0 amide bonds. The molecule has 1 aliphatic rings. The van der Waals surface area contributed by atoms with E-state index in [0.29, 0.717) is 13.2 Å². The number of aliphatic hydroxyl groups excluding tert-OH is 1. The number of hydrogen-bond acceptors (Lipinski definition) is 5. The molecular formula is C21H22N2O3. The van der Waals surface area contributed by atoms with Crippen LogP contribution < -0.4 is 10.1 Å². The SMILES string of the molecule is OCc1ccc(O[C@@H]2CCOC[C@H]2Nc2ccc3ccccc3n2)cc1. The second kappa shape index (κ2) is 7.72. The maximum Gasteiger partial charge on any atom is 0.127 e. The number of hydrogen-bond donors (Lipinski definition) is 2. The summed E-state index contributed by atoms with van der Waals surface area (Å²) in [6.07, 6.45) is 0.810. The minimum atomic E-state index is -0.00278. The fourth-order valence-electron chi connectivity index (χ4n) is 3.18. The number of benzene rings is 2. The number of nitrogens with one attached hydrogen (secondary N) is 1. The number of anilines is 1. The molecule has 1 aromatic heterocycles. The van der Waals surface area contributed by atoms with Crippen LogP contribution in [0.2, 0.25) is 0 Å². The van der Waals surface area contributed by atoms with E-state index in [1.807, 2.05) is 48.5 Å². The second-order valence-electron chi connectivity index (χ2n) is 6.46. The number of aliphatic hydroxyl groups is 1. The molecule has 4 rings (SSSR count). The van der Waals surface area contributed by atoms with E-state index in [2.05, 4.69) is 22.4 Å². The number of aromatic nitrogens is 1. The van der Waals surface area contributed by atoms with Gasteiger partial charge in [0.15, 0.2) is 0 Å². The van der Waals surface area contributed by atoms with Crippen LogP contribution in [-0.4, -0.2) is 35.5 Å². The molecule has 1 aliphatic heterocycles. The van der Waals surface area contributed by atoms with Crippen molar-refractivity contribution in [3.63, 3.8) is 0 Å². The average Bonchev–Trinajstić information content (AvgIpc) is 2.70. The third-order valence-corrected chi connectivity index (χ3v) is 4.62. The van der Waals surface area contributed by atoms with Gasteiger partial charge in [0.1, 0.15) is 17.7 Å². The van der Waals surface area contributed by atoms with Crippen molar-refractivity contribution in [1.29, 1.82) is 0 Å². The van der Waals surface area contributed by atoms with Gasteiger partial charge in [0.2, 0.25) is 0 Å². The van der Waals surface area contributed by atoms with Gasteiger partial charge in [0.05, 0.1) is 31.4 Å². The van der Waals surface area contributed by atoms with Crippen molar-refractivity contribution in [3.05, 3.63) is 66.2 Å². The van der Waals surface area contributed by atoms with Crippen LogP contribution >= 0.6 is 0 Å². The highest BCUT2D eigenvalue weighted by Gasteiger charge is 2.28. The number of para-hydroxylation sites is 1. The molecule has 26 heavy (non-hydrogen) atoms. The Kier molecular flexibility index (Phi) is 5.00. The molecule has 5 heteroatoms. The molecule has 2 N–H and O–H groups in total. The van der Waals surface area contributed by atoms with Gasteiger partial charge in [-0.1, -0.05) is 30.3 Å². The largest absolute Gasteiger partial charge is 0.488 e. The lowest BCUT2D eigenvalue weighted by molar-refractivity contribution is 0.0147. The van der Waals surface area contributed by atoms with Crippen LogP contribution in [-0.2, 0) is 11.3 Å². The first-order valence-corrected chi connectivity index (χ1v) is 8.88. The lowest BCUT2D eigenvalue weighted by Crippen LogP contribution is -2.45. The Balaban J connectivity index is 1.48. The molecule has 0 spiro atoms. The third kappa shape index (κ3) is 3.79. The Morgan fingerprint density at radius 3 is 2.77 bits per heavy atom. The molecule has 2 atom stereocenters. The fraction of sp³-hybridized carbons (Fsp3) is 0.286. The van der Waals surface area contributed by atoms with Crippen molar-refractivity contribution >= 4 is 16.7 Å². The first kappa shape index (κ1) is 16.8. The van der Waals surface area contributed by atoms with Gasteiger partial charge in [-0.15, -0.1) is 0 Å². The van der Waals surface area contributed by atoms with E-state index in [1.165, 1.54) is 0 Å². The molecule has 3 aromatic rings. The second-order valence-corrected chi connectivity index (χ2v) is 6.46. The fourth-order valence-corrected chi connectivity index (χ4v) is 3.18. The summed E-state index contributed by atoms with van der Waals surface area (Å²) >= 11 is 0. The maximum absolute atomic E-state index is 9.16. The molecule has 2 heterocycles. The predicted molar refractivity (Wildman–Crippen MR) is 101 cm³/mol. The highest BCUT2D eigenvalue weighted by Crippen LogP contribution is 2.22. The summed E-state index contributed by atoms with van der Waals surface area (Å²) in [7, 11) is 0. The molecule has 0 unspecified atom stereocenters. The topological polar surface area (TPSA) is 63.6 Å². The molecule has 5 nitrogen and oxygen atoms in total. The number of rotatable bonds is 5. The van der Waals surface area contributed by atoms with Crippen molar-refractivity contribution in [1.82, 2.24) is 4.98 Å². The highest BCUT2D eigenvalue weighted by atomic mass is 16.5. The smallest absolute Gasteiger partial charge is 0.127 e. The van der Waals surface area contributed by atoms with Crippen LogP contribution in [0.3, 0.4) is 0 Å². The van der Waals surface area contributed by atoms with Crippen molar-refractivity contribution in [3.8, 4) is 5.75 Å². The van der Waals surface area contributed by atoms with Gasteiger partial charge in [-0.3, -0.25) is 0 Å². The highest BCUT2D eigenvalue weighted by molar-refractivity contribution is 5.80. The lowest BCUT2D eigenvalue weighted by Gasteiger charge is -2.32. The minimum absolute atomic E-state index is 0.00278. The minimum Gasteiger partial charge on any atom is -0.488 e. The van der Waals surface area contributed by atoms with Gasteiger partial charge in [-0.05, 0) is 35.9 Å². The summed E-state index contributed by atoms with van der Waals surface area (Å²) in [5.74, 6) is 1.62. The number of nitrogens with zero attached hydrogens (tertiary/aromatic N) is 1. The summed E-state index contributed by atoms with van der Waals surface area (Å²) in [6.45, 7) is 1.30. The molecule has 0 saturated carbocycles. The van der Waals surface area contributed by atoms with Crippen LogP contribution in [0.1, 0.15) is 12.0 Å². The first-order valence-electron chi connectivity index (χ1n) is 8.88. The van der Waals surface area contributed by atoms with Gasteiger partial charge >= 0.3 is 0 Å². The zero-order valence-electron chi connectivity index (χ0n) is 14.5. The van der Waals surface area contributed by atoms with E-state index in [-0.39, 0.29) is 18.8 Å². The normalized spacial score (nSPS) is 20.0. The molecular weight excluding hydrogens is 328 g/mol. The first-order chi connectivity index (χ1) is 12.8. The zero-order valence-corrected chi connectivity index (χ0v) is 14.5. The number of fused-ring (bicyclic) bond motifs is 1. The van der Waals surface area contributed by atoms with E-state index in [9.17, 15) is 0 Å². The van der Waals surface area contributed by atoms with Crippen molar-refractivity contribution < 1.29 is 14.6 Å². The molecule has 0 aliphatic carbocycles. The van der Waals surface area contributed by atoms with Gasteiger partial charge in [0.25, 0.3) is 0 Å². The Bertz CT molecular complexity index is 867. The van der Waals surface area contributed by atoms with Crippen LogP contribution in [0.4, 0.5) is 5.82 Å². The Morgan fingerprint density at radius 1 is 1.08 bits per heavy atom. The summed E-state index contributed by atoms with van der Waals surface area (Å²) in [4.78, 5) is 4.68. The Hall–Kier alpha value is -2.63. The van der Waals surface area contributed by atoms with Crippen molar-refractivity contribution in [2.24, 2.45) is 0 Å².